The fourth-order valence-electron chi connectivity index (χ4n) is 3.19. The van der Waals surface area contributed by atoms with Crippen LogP contribution in [-0.2, 0) is 0 Å². The molecule has 0 fully saturated rings. The summed E-state index contributed by atoms with van der Waals surface area (Å²) in [5, 5.41) is 7.66. The molecule has 1 N–H and O–H groups in total. The number of aromatic nitrogens is 4. The van der Waals surface area contributed by atoms with Gasteiger partial charge < -0.3 is 5.32 Å². The second-order valence-electron chi connectivity index (χ2n) is 6.54. The van der Waals surface area contributed by atoms with Crippen molar-refractivity contribution in [3.05, 3.63) is 94.2 Å². The normalized spacial score (nSPS) is 12.1. The van der Waals surface area contributed by atoms with E-state index in [1.807, 2.05) is 62.4 Å². The minimum absolute atomic E-state index is 0.146. The van der Waals surface area contributed by atoms with E-state index in [4.69, 9.17) is 11.6 Å². The van der Waals surface area contributed by atoms with Crippen LogP contribution in [0.15, 0.2) is 60.9 Å². The minimum Gasteiger partial charge on any atom is -0.340 e. The summed E-state index contributed by atoms with van der Waals surface area (Å²) in [4.78, 5) is 21.7. The molecule has 0 aliphatic heterocycles. The number of carbonyl (C=O) groups excluding carboxylic acids is 1. The number of amides is 1. The average Bonchev–Trinajstić information content (AvgIpc) is 3.04. The molecule has 0 unspecified atom stereocenters. The first-order valence-corrected chi connectivity index (χ1v) is 9.20. The number of pyridine rings is 1. The lowest BCUT2D eigenvalue weighted by Gasteiger charge is -2.19. The molecule has 0 bridgehead atoms. The summed E-state index contributed by atoms with van der Waals surface area (Å²) in [6, 6.07) is 15.0. The Morgan fingerprint density at radius 2 is 1.86 bits per heavy atom. The van der Waals surface area contributed by atoms with Crippen LogP contribution in [0.3, 0.4) is 0 Å². The van der Waals surface area contributed by atoms with Crippen LogP contribution < -0.4 is 5.32 Å². The Kier molecular flexibility index (Phi) is 4.79. The zero-order chi connectivity index (χ0) is 19.7. The van der Waals surface area contributed by atoms with Crippen LogP contribution in [0.25, 0.3) is 5.65 Å². The Hall–Kier alpha value is -3.25. The van der Waals surface area contributed by atoms with Crippen LogP contribution in [0.2, 0.25) is 5.02 Å². The first kappa shape index (κ1) is 18.1. The van der Waals surface area contributed by atoms with Crippen molar-refractivity contribution in [3.8, 4) is 0 Å². The highest BCUT2D eigenvalue weighted by Crippen LogP contribution is 2.25. The van der Waals surface area contributed by atoms with E-state index in [1.165, 1.54) is 0 Å². The smallest absolute Gasteiger partial charge is 0.274 e. The monoisotopic (exact) mass is 391 g/mol. The fraction of sp³-hybridized carbons (Fsp3) is 0.143. The lowest BCUT2D eigenvalue weighted by Crippen LogP contribution is -2.30. The third-order valence-electron chi connectivity index (χ3n) is 4.48. The molecule has 28 heavy (non-hydrogen) atoms. The van der Waals surface area contributed by atoms with Crippen molar-refractivity contribution in [2.75, 3.05) is 0 Å². The Bertz CT molecular complexity index is 1100. The van der Waals surface area contributed by atoms with Crippen molar-refractivity contribution < 1.29 is 4.79 Å². The fourth-order valence-corrected chi connectivity index (χ4v) is 3.44. The predicted octanol–water partition coefficient (Wildman–Crippen LogP) is 3.91. The minimum atomic E-state index is -0.376. The Balaban J connectivity index is 1.74. The van der Waals surface area contributed by atoms with E-state index in [1.54, 1.807) is 16.9 Å². The second kappa shape index (κ2) is 7.40. The maximum Gasteiger partial charge on any atom is 0.274 e. The third-order valence-corrected chi connectivity index (χ3v) is 4.83. The van der Waals surface area contributed by atoms with Gasteiger partial charge in [-0.1, -0.05) is 48.0 Å². The standard InChI is InChI=1S/C21H18ClN5O/c1-13-11-14(2)27-20(24-13)17(22)19(26-27)21(28)25-18(15-7-4-3-5-8-15)16-9-6-10-23-12-16/h3-12,18H,1-2H3,(H,25,28)/t18-/m1/s1. The molecule has 0 saturated carbocycles. The molecule has 3 aromatic heterocycles. The maximum atomic E-state index is 13.1. The van der Waals surface area contributed by atoms with Gasteiger partial charge in [0.25, 0.3) is 5.91 Å². The van der Waals surface area contributed by atoms with Gasteiger partial charge in [0.1, 0.15) is 5.02 Å². The number of benzene rings is 1. The first-order valence-electron chi connectivity index (χ1n) is 8.83. The van der Waals surface area contributed by atoms with Crippen molar-refractivity contribution in [1.29, 1.82) is 0 Å². The highest BCUT2D eigenvalue weighted by molar-refractivity contribution is 6.36. The molecule has 0 saturated heterocycles. The molecule has 1 atom stereocenters. The summed E-state index contributed by atoms with van der Waals surface area (Å²) >= 11 is 6.45. The van der Waals surface area contributed by atoms with E-state index in [2.05, 4.69) is 20.4 Å². The summed E-state index contributed by atoms with van der Waals surface area (Å²) in [7, 11) is 0. The number of halogens is 1. The van der Waals surface area contributed by atoms with Crippen LogP contribution >= 0.6 is 11.6 Å². The molecule has 1 amide bonds. The van der Waals surface area contributed by atoms with Crippen molar-refractivity contribution >= 4 is 23.2 Å². The summed E-state index contributed by atoms with van der Waals surface area (Å²) in [6.07, 6.45) is 3.43. The molecule has 0 aliphatic rings. The molecule has 7 heteroatoms. The number of carbonyl (C=O) groups is 1. The molecule has 4 rings (SSSR count). The van der Waals surface area contributed by atoms with Gasteiger partial charge in [-0.2, -0.15) is 5.10 Å². The maximum absolute atomic E-state index is 13.1. The van der Waals surface area contributed by atoms with Gasteiger partial charge in [0, 0.05) is 23.8 Å². The molecule has 0 spiro atoms. The topological polar surface area (TPSA) is 72.2 Å². The number of hydrogen-bond acceptors (Lipinski definition) is 4. The number of nitrogens with one attached hydrogen (secondary N) is 1. The molecule has 0 aliphatic carbocycles. The van der Waals surface area contributed by atoms with Gasteiger partial charge in [-0.05, 0) is 37.1 Å². The van der Waals surface area contributed by atoms with Crippen molar-refractivity contribution in [2.45, 2.75) is 19.9 Å². The molecule has 6 nitrogen and oxygen atoms in total. The Morgan fingerprint density at radius 3 is 2.57 bits per heavy atom. The van der Waals surface area contributed by atoms with E-state index in [0.29, 0.717) is 5.65 Å². The van der Waals surface area contributed by atoms with E-state index in [9.17, 15) is 4.79 Å². The lowest BCUT2D eigenvalue weighted by atomic mass is 10.00. The number of rotatable bonds is 4. The van der Waals surface area contributed by atoms with E-state index >= 15 is 0 Å². The van der Waals surface area contributed by atoms with Crippen LogP contribution in [0, 0.1) is 13.8 Å². The zero-order valence-corrected chi connectivity index (χ0v) is 16.2. The second-order valence-corrected chi connectivity index (χ2v) is 6.92. The molecular formula is C21H18ClN5O. The SMILES string of the molecule is Cc1cc(C)n2nc(C(=O)N[C@H](c3ccccc3)c3cccnc3)c(Cl)c2n1. The van der Waals surface area contributed by atoms with Crippen LogP contribution in [0.1, 0.15) is 39.0 Å². The highest BCUT2D eigenvalue weighted by Gasteiger charge is 2.24. The van der Waals surface area contributed by atoms with Crippen molar-refractivity contribution in [2.24, 2.45) is 0 Å². The van der Waals surface area contributed by atoms with Gasteiger partial charge in [0.2, 0.25) is 0 Å². The number of aryl methyl sites for hydroxylation is 2. The highest BCUT2D eigenvalue weighted by atomic mass is 35.5. The summed E-state index contributed by atoms with van der Waals surface area (Å²) < 4.78 is 1.59. The first-order chi connectivity index (χ1) is 13.5. The average molecular weight is 392 g/mol. The van der Waals surface area contributed by atoms with Crippen molar-refractivity contribution in [3.63, 3.8) is 0 Å². The van der Waals surface area contributed by atoms with E-state index in [0.717, 1.165) is 22.5 Å². The summed E-state index contributed by atoms with van der Waals surface area (Å²) in [6.45, 7) is 3.78. The molecule has 140 valence electrons. The number of nitrogens with zero attached hydrogens (tertiary/aromatic N) is 4. The predicted molar refractivity (Wildman–Crippen MR) is 107 cm³/mol. The zero-order valence-electron chi connectivity index (χ0n) is 15.4. The largest absolute Gasteiger partial charge is 0.340 e. The number of hydrogen-bond donors (Lipinski definition) is 1. The van der Waals surface area contributed by atoms with Crippen LogP contribution in [0.5, 0.6) is 0 Å². The quantitative estimate of drug-likeness (QED) is 0.572. The van der Waals surface area contributed by atoms with Gasteiger partial charge in [0.15, 0.2) is 11.3 Å². The van der Waals surface area contributed by atoms with E-state index in [-0.39, 0.29) is 22.7 Å². The van der Waals surface area contributed by atoms with E-state index < -0.39 is 0 Å². The third kappa shape index (κ3) is 3.34. The molecular weight excluding hydrogens is 374 g/mol. The molecule has 4 aromatic rings. The van der Waals surface area contributed by atoms with Crippen molar-refractivity contribution in [1.82, 2.24) is 24.9 Å². The van der Waals surface area contributed by atoms with Gasteiger partial charge in [0.05, 0.1) is 6.04 Å². The van der Waals surface area contributed by atoms with Gasteiger partial charge in [-0.25, -0.2) is 9.50 Å². The molecule has 0 radical (unpaired) electrons. The summed E-state index contributed by atoms with van der Waals surface area (Å²) in [5.74, 6) is -0.370. The van der Waals surface area contributed by atoms with Gasteiger partial charge in [-0.15, -0.1) is 0 Å². The van der Waals surface area contributed by atoms with Gasteiger partial charge in [-0.3, -0.25) is 9.78 Å². The molecule has 3 heterocycles. The van der Waals surface area contributed by atoms with Crippen LogP contribution in [-0.4, -0.2) is 25.5 Å². The van der Waals surface area contributed by atoms with Crippen LogP contribution in [0.4, 0.5) is 0 Å². The molecule has 1 aromatic carbocycles. The van der Waals surface area contributed by atoms with Gasteiger partial charge >= 0.3 is 0 Å². The Labute approximate surface area is 167 Å². The summed E-state index contributed by atoms with van der Waals surface area (Å²) in [5.41, 5.74) is 4.10. The Morgan fingerprint density at radius 1 is 1.11 bits per heavy atom. The number of fused-ring (bicyclic) bond motifs is 1. The lowest BCUT2D eigenvalue weighted by molar-refractivity contribution is 0.0937.